The molecule has 0 fully saturated rings. The molecule has 0 amide bonds. The van der Waals surface area contributed by atoms with Crippen LogP contribution < -0.4 is 10.5 Å². The third-order valence-electron chi connectivity index (χ3n) is 2.46. The van der Waals surface area contributed by atoms with Crippen LogP contribution in [0.3, 0.4) is 0 Å². The van der Waals surface area contributed by atoms with E-state index in [9.17, 15) is 0 Å². The van der Waals surface area contributed by atoms with Crippen LogP contribution >= 0.6 is 0 Å². The molecule has 0 aliphatic carbocycles. The normalized spacial score (nSPS) is 12.4. The Morgan fingerprint density at radius 3 is 2.69 bits per heavy atom. The Balaban J connectivity index is 2.48. The van der Waals surface area contributed by atoms with Crippen molar-refractivity contribution in [1.82, 2.24) is 0 Å². The lowest BCUT2D eigenvalue weighted by atomic mass is 10.0. The molecule has 0 spiro atoms. The summed E-state index contributed by atoms with van der Waals surface area (Å²) in [6.07, 6.45) is 1.87. The second-order valence-electron chi connectivity index (χ2n) is 3.75. The summed E-state index contributed by atoms with van der Waals surface area (Å²) < 4.78 is 10.7. The summed E-state index contributed by atoms with van der Waals surface area (Å²) in [6.45, 7) is 3.60. The Bertz CT molecular complexity index is 302. The summed E-state index contributed by atoms with van der Waals surface area (Å²) in [5.74, 6) is 0.852. The summed E-state index contributed by atoms with van der Waals surface area (Å²) in [6, 6.07) is 7.84. The van der Waals surface area contributed by atoms with E-state index in [4.69, 9.17) is 15.2 Å². The van der Waals surface area contributed by atoms with Crippen molar-refractivity contribution in [3.8, 4) is 5.75 Å². The molecule has 3 heteroatoms. The smallest absolute Gasteiger partial charge is 0.123 e. The van der Waals surface area contributed by atoms with E-state index in [1.54, 1.807) is 7.11 Å². The molecule has 1 aromatic carbocycles. The fraction of sp³-hybridized carbons (Fsp3) is 0.538. The van der Waals surface area contributed by atoms with E-state index < -0.39 is 0 Å². The van der Waals surface area contributed by atoms with Crippen molar-refractivity contribution in [2.24, 2.45) is 5.73 Å². The zero-order valence-corrected chi connectivity index (χ0v) is 10.1. The van der Waals surface area contributed by atoms with Crippen LogP contribution in [0.5, 0.6) is 5.75 Å². The zero-order chi connectivity index (χ0) is 11.8. The number of nitrogens with two attached hydrogens (primary N) is 1. The van der Waals surface area contributed by atoms with Crippen LogP contribution in [0.1, 0.15) is 31.4 Å². The van der Waals surface area contributed by atoms with Gasteiger partial charge in [0.25, 0.3) is 0 Å². The van der Waals surface area contributed by atoms with Crippen LogP contribution in [0, 0.1) is 0 Å². The van der Waals surface area contributed by atoms with Crippen molar-refractivity contribution in [3.63, 3.8) is 0 Å². The Kier molecular flexibility index (Phi) is 5.90. The lowest BCUT2D eigenvalue weighted by Gasteiger charge is -2.15. The first-order valence-electron chi connectivity index (χ1n) is 5.75. The van der Waals surface area contributed by atoms with Crippen LogP contribution in [0.25, 0.3) is 0 Å². The van der Waals surface area contributed by atoms with Gasteiger partial charge in [0.05, 0.1) is 7.11 Å². The van der Waals surface area contributed by atoms with Crippen molar-refractivity contribution in [3.05, 3.63) is 29.8 Å². The van der Waals surface area contributed by atoms with Crippen LogP contribution in [0.15, 0.2) is 24.3 Å². The maximum Gasteiger partial charge on any atom is 0.123 e. The van der Waals surface area contributed by atoms with Crippen molar-refractivity contribution in [2.75, 3.05) is 20.3 Å². The third-order valence-corrected chi connectivity index (χ3v) is 2.46. The van der Waals surface area contributed by atoms with Gasteiger partial charge in [-0.2, -0.15) is 0 Å². The minimum absolute atomic E-state index is 0.0204. The molecule has 0 radical (unpaired) electrons. The second-order valence-corrected chi connectivity index (χ2v) is 3.75. The molecule has 1 rings (SSSR count). The largest absolute Gasteiger partial charge is 0.496 e. The average molecular weight is 223 g/mol. The summed E-state index contributed by atoms with van der Waals surface area (Å²) in [5.41, 5.74) is 7.14. The molecule has 2 N–H and O–H groups in total. The summed E-state index contributed by atoms with van der Waals surface area (Å²) in [5, 5.41) is 0. The van der Waals surface area contributed by atoms with Gasteiger partial charge in [0, 0.05) is 24.8 Å². The molecule has 90 valence electrons. The molecule has 3 nitrogen and oxygen atoms in total. The lowest BCUT2D eigenvalue weighted by molar-refractivity contribution is 0.127. The van der Waals surface area contributed by atoms with E-state index in [0.717, 1.165) is 30.8 Å². The molecule has 1 unspecified atom stereocenters. The highest BCUT2D eigenvalue weighted by Crippen LogP contribution is 2.24. The number of benzene rings is 1. The van der Waals surface area contributed by atoms with Gasteiger partial charge in [-0.05, 0) is 18.9 Å². The van der Waals surface area contributed by atoms with E-state index in [0.29, 0.717) is 6.61 Å². The molecule has 0 saturated heterocycles. The molecule has 0 heterocycles. The molecular formula is C13H21NO2. The monoisotopic (exact) mass is 223 g/mol. The van der Waals surface area contributed by atoms with Gasteiger partial charge in [0.2, 0.25) is 0 Å². The molecule has 0 bridgehead atoms. The molecule has 0 aliphatic rings. The second kappa shape index (κ2) is 7.25. The fourth-order valence-electron chi connectivity index (χ4n) is 1.58. The van der Waals surface area contributed by atoms with Gasteiger partial charge in [-0.25, -0.2) is 0 Å². The Hall–Kier alpha value is -1.06. The number of hydrogen-bond donors (Lipinski definition) is 1. The highest BCUT2D eigenvalue weighted by molar-refractivity contribution is 5.35. The highest BCUT2D eigenvalue weighted by atomic mass is 16.5. The van der Waals surface area contributed by atoms with E-state index in [1.165, 1.54) is 0 Å². The molecule has 0 aliphatic heterocycles. The number of ether oxygens (including phenoxy) is 2. The zero-order valence-electron chi connectivity index (χ0n) is 10.1. The van der Waals surface area contributed by atoms with Gasteiger partial charge >= 0.3 is 0 Å². The summed E-state index contributed by atoms with van der Waals surface area (Å²) in [4.78, 5) is 0. The van der Waals surface area contributed by atoms with Crippen molar-refractivity contribution < 1.29 is 9.47 Å². The Morgan fingerprint density at radius 2 is 2.00 bits per heavy atom. The van der Waals surface area contributed by atoms with Crippen LogP contribution in [-0.2, 0) is 4.74 Å². The minimum atomic E-state index is -0.0204. The molecule has 0 saturated carbocycles. The van der Waals surface area contributed by atoms with Crippen LogP contribution in [-0.4, -0.2) is 20.3 Å². The van der Waals surface area contributed by atoms with Gasteiger partial charge < -0.3 is 15.2 Å². The predicted octanol–water partition coefficient (Wildman–Crippen LogP) is 2.51. The Labute approximate surface area is 97.6 Å². The lowest BCUT2D eigenvalue weighted by Crippen LogP contribution is -2.14. The van der Waals surface area contributed by atoms with Gasteiger partial charge in [-0.3, -0.25) is 0 Å². The fourth-order valence-corrected chi connectivity index (χ4v) is 1.58. The molecule has 1 aromatic rings. The first kappa shape index (κ1) is 13.0. The summed E-state index contributed by atoms with van der Waals surface area (Å²) >= 11 is 0. The maximum absolute atomic E-state index is 6.09. The van der Waals surface area contributed by atoms with Gasteiger partial charge in [-0.15, -0.1) is 0 Å². The van der Waals surface area contributed by atoms with Crippen molar-refractivity contribution in [1.29, 1.82) is 0 Å². The Morgan fingerprint density at radius 1 is 1.25 bits per heavy atom. The number of hydrogen-bond acceptors (Lipinski definition) is 3. The quantitative estimate of drug-likeness (QED) is 0.722. The van der Waals surface area contributed by atoms with Crippen LogP contribution in [0.2, 0.25) is 0 Å². The SMILES string of the molecule is CCCOCCC(N)c1ccccc1OC. The van der Waals surface area contributed by atoms with Gasteiger partial charge in [-0.1, -0.05) is 25.1 Å². The minimum Gasteiger partial charge on any atom is -0.496 e. The van der Waals surface area contributed by atoms with Crippen molar-refractivity contribution >= 4 is 0 Å². The van der Waals surface area contributed by atoms with E-state index in [2.05, 4.69) is 6.92 Å². The van der Waals surface area contributed by atoms with Gasteiger partial charge in [0.15, 0.2) is 0 Å². The topological polar surface area (TPSA) is 44.5 Å². The molecule has 1 atom stereocenters. The number of rotatable bonds is 7. The third kappa shape index (κ3) is 3.83. The van der Waals surface area contributed by atoms with Crippen LogP contribution in [0.4, 0.5) is 0 Å². The molecule has 0 aromatic heterocycles. The first-order chi connectivity index (χ1) is 7.79. The van der Waals surface area contributed by atoms with E-state index in [-0.39, 0.29) is 6.04 Å². The predicted molar refractivity (Wildman–Crippen MR) is 65.6 cm³/mol. The van der Waals surface area contributed by atoms with E-state index >= 15 is 0 Å². The highest BCUT2D eigenvalue weighted by Gasteiger charge is 2.10. The molecule has 16 heavy (non-hydrogen) atoms. The number of methoxy groups -OCH3 is 1. The van der Waals surface area contributed by atoms with Gasteiger partial charge in [0.1, 0.15) is 5.75 Å². The average Bonchev–Trinajstić information content (AvgIpc) is 2.34. The summed E-state index contributed by atoms with van der Waals surface area (Å²) in [7, 11) is 1.67. The molecular weight excluding hydrogens is 202 g/mol. The first-order valence-corrected chi connectivity index (χ1v) is 5.75. The number of para-hydroxylation sites is 1. The standard InChI is InChI=1S/C13H21NO2/c1-3-9-16-10-8-12(14)11-6-4-5-7-13(11)15-2/h4-7,12H,3,8-10,14H2,1-2H3. The maximum atomic E-state index is 6.09. The van der Waals surface area contributed by atoms with Crippen molar-refractivity contribution in [2.45, 2.75) is 25.8 Å². The van der Waals surface area contributed by atoms with E-state index in [1.807, 2.05) is 24.3 Å².